The largest absolute Gasteiger partial charge is 0.508 e. The number of hydrogen-bond acceptors (Lipinski definition) is 27. The first-order valence-electron chi connectivity index (χ1n) is 47.9. The second kappa shape index (κ2) is 73.9. The fourth-order valence-corrected chi connectivity index (χ4v) is 17.5. The van der Waals surface area contributed by atoms with E-state index in [0.29, 0.717) is 74.6 Å². The summed E-state index contributed by atoms with van der Waals surface area (Å²) in [7, 11) is 1.89. The number of benzene rings is 3. The van der Waals surface area contributed by atoms with Gasteiger partial charge in [-0.1, -0.05) is 136 Å². The molecule has 2 aromatic heterocycles. The molecule has 0 bridgehead atoms. The first-order valence-corrected chi connectivity index (χ1v) is 50.4. The zero-order chi connectivity index (χ0) is 107. The van der Waals surface area contributed by atoms with Gasteiger partial charge in [0.05, 0.1) is 68.9 Å². The molecule has 0 radical (unpaired) electrons. The molecule has 0 spiro atoms. The molecule has 4 heterocycles. The number of hydrogen-bond donors (Lipinski definition) is 22. The third-order valence-electron chi connectivity index (χ3n) is 23.0. The normalized spacial score (nSPS) is 17.0. The Morgan fingerprint density at radius 3 is 1.50 bits per heavy atom. The average Bonchev–Trinajstić information content (AvgIpc) is 1.68. The van der Waals surface area contributed by atoms with Crippen LogP contribution in [0.1, 0.15) is 128 Å². The van der Waals surface area contributed by atoms with Crippen molar-refractivity contribution in [2.75, 3.05) is 96.6 Å². The number of carboxylic acid groups (broad SMARTS) is 1. The van der Waals surface area contributed by atoms with Crippen molar-refractivity contribution < 1.29 is 266 Å². The number of carbonyl (C=O) groups excluding carboxylic acids is 19. The van der Waals surface area contributed by atoms with Crippen molar-refractivity contribution in [3.8, 4) is 5.75 Å². The number of carbonyl (C=O) groups is 20. The van der Waals surface area contributed by atoms with Crippen LogP contribution in [-0.4, -0.2) is 326 Å². The molecule has 832 valence electrons. The van der Waals surface area contributed by atoms with Gasteiger partial charge in [-0.3, -0.25) is 86.5 Å². The van der Waals surface area contributed by atoms with Gasteiger partial charge in [0.2, 0.25) is 88.6 Å². The molecule has 47 nitrogen and oxygen atoms in total. The summed E-state index contributed by atoms with van der Waals surface area (Å²) in [6, 6.07) is 6.81. The quantitative estimate of drug-likeness (QED) is 0.0133. The van der Waals surface area contributed by atoms with E-state index in [-0.39, 0.29) is 309 Å². The molecule has 0 aliphatic carbocycles. The molecule has 12 atom stereocenters. The number of phenols is 1. The predicted molar refractivity (Wildman–Crippen MR) is 540 cm³/mol. The molecular formula is C97H139Gd4N25O22S2-4. The number of imidazole rings is 2. The number of aromatic nitrogens is 4. The van der Waals surface area contributed by atoms with Crippen molar-refractivity contribution in [1.29, 1.82) is 0 Å². The maximum atomic E-state index is 15.5. The molecular weight excluding hydrogens is 2560 g/mol. The molecule has 7 rings (SSSR count). The number of phenolic OH excluding ortho intramolecular Hbond substituents is 1. The van der Waals surface area contributed by atoms with E-state index in [1.165, 1.54) is 61.1 Å². The molecule has 2 aliphatic rings. The van der Waals surface area contributed by atoms with E-state index in [9.17, 15) is 96.5 Å². The second-order valence-corrected chi connectivity index (χ2v) is 38.6. The van der Waals surface area contributed by atoms with Crippen LogP contribution in [0, 0.1) is 205 Å². The van der Waals surface area contributed by atoms with Crippen molar-refractivity contribution >= 4 is 140 Å². The Bertz CT molecular complexity index is 5150. The molecule has 2 aliphatic heterocycles. The van der Waals surface area contributed by atoms with Gasteiger partial charge in [0.1, 0.15) is 66.2 Å². The van der Waals surface area contributed by atoms with Crippen LogP contribution in [-0.2, 0) is 135 Å². The van der Waals surface area contributed by atoms with Crippen molar-refractivity contribution in [2.24, 2.45) is 17.8 Å². The van der Waals surface area contributed by atoms with Crippen molar-refractivity contribution in [2.45, 2.75) is 199 Å². The zero-order valence-corrected chi connectivity index (χ0v) is 95.6. The van der Waals surface area contributed by atoms with Crippen LogP contribution >= 0.6 is 21.6 Å². The van der Waals surface area contributed by atoms with Gasteiger partial charge in [-0.25, -0.2) is 9.97 Å². The van der Waals surface area contributed by atoms with Crippen LogP contribution in [0.4, 0.5) is 0 Å². The van der Waals surface area contributed by atoms with Gasteiger partial charge < -0.3 is 168 Å². The minimum absolute atomic E-state index is 0. The van der Waals surface area contributed by atoms with Crippen LogP contribution in [0.5, 0.6) is 5.75 Å². The molecule has 2 unspecified atom stereocenters. The Hall–Kier alpha value is -9.32. The van der Waals surface area contributed by atoms with E-state index >= 15 is 9.59 Å². The summed E-state index contributed by atoms with van der Waals surface area (Å²) in [4.78, 5) is 285. The number of nitrogens with zero attached hydrogens (tertiary/aromatic N) is 5. The minimum atomic E-state index is -1.88. The van der Waals surface area contributed by atoms with E-state index in [4.69, 9.17) is 0 Å². The first-order chi connectivity index (χ1) is 69.4. The van der Waals surface area contributed by atoms with E-state index < -0.39 is 180 Å². The van der Waals surface area contributed by atoms with Crippen molar-refractivity contribution in [1.82, 2.24) is 130 Å². The van der Waals surface area contributed by atoms with Gasteiger partial charge in [-0.15, -0.1) is 0 Å². The number of rotatable bonds is 51. The molecule has 53 heteroatoms. The van der Waals surface area contributed by atoms with E-state index in [0.717, 1.165) is 32.7 Å². The van der Waals surface area contributed by atoms with Crippen LogP contribution < -0.4 is 95.7 Å². The molecule has 5 aromatic rings. The van der Waals surface area contributed by atoms with Gasteiger partial charge in [0.25, 0.3) is 0 Å². The first kappa shape index (κ1) is 137. The predicted octanol–water partition coefficient (Wildman–Crippen LogP) is -3.45. The zero-order valence-electron chi connectivity index (χ0n) is 84.8. The third-order valence-corrected chi connectivity index (χ3v) is 25.4. The van der Waals surface area contributed by atoms with Crippen molar-refractivity contribution in [3.05, 3.63) is 165 Å². The summed E-state index contributed by atoms with van der Waals surface area (Å²) in [6.45, 7) is 28.6. The monoisotopic (exact) mass is 2700 g/mol. The summed E-state index contributed by atoms with van der Waals surface area (Å²) in [5.74, 6) is -15.5. The molecule has 2 saturated heterocycles. The minimum Gasteiger partial charge on any atom is -0.508 e. The Morgan fingerprint density at radius 1 is 0.493 bits per heavy atom. The van der Waals surface area contributed by atoms with Crippen LogP contribution in [0.15, 0.2) is 104 Å². The third kappa shape index (κ3) is 54.5. The summed E-state index contributed by atoms with van der Waals surface area (Å²) in [5.41, 5.74) is 3.44. The molecule has 0 saturated carbocycles. The Labute approximate surface area is 1010 Å². The second-order valence-electron chi connectivity index (χ2n) is 36.0. The summed E-state index contributed by atoms with van der Waals surface area (Å²) in [5, 5.41) is 68.0. The van der Waals surface area contributed by atoms with Gasteiger partial charge in [0, 0.05) is 306 Å². The molecule has 22 N–H and O–H groups in total. The number of H-pyrrole nitrogens is 2. The molecule has 150 heavy (non-hydrogen) atoms. The number of fused-ring (bicyclic) bond motifs is 1. The number of nitrogens with one attached hydrogen (secondary N) is 20. The SMILES string of the molecule is [CH2-]C(=O)NCCN(CCNC([CH2-])=O)CC(=O)NCC(=O)NCC(=O)N[C@@H](Cc1ccccc1)C(=O)N[C@@H](Cc1cnc[nH]1)C(=O)N[C@H]1CSSC[C@@H](C(=O)N[C@@H](Cc2cnc[nH]2)C(=O)N[C@H](C)C(C)CC)NC(=O)[C@H](CC(C)C)NC(=O)[C@H](CC(=O)O)NC(=O)[C@H](Cc2ccc(O)cc2)NC(=O)C2CCCN2C1=O.[CH2-]C(=O)NCCN(CCNC([CH2-])=O)CC(=O)NCc1cccc(CNC(=O)[C@H](CC(C)C)NC(C)=O)c1.[Gd].[Gd].[Gd].[Gd]. The fraction of sp³-hybridized carbons (Fsp3) is 0.505. The Balaban J connectivity index is 0.00000156. The van der Waals surface area contributed by atoms with Crippen molar-refractivity contribution in [3.63, 3.8) is 0 Å². The number of aliphatic carboxylic acids is 1. The smallest absolute Gasteiger partial charge is 0.305 e. The van der Waals surface area contributed by atoms with Gasteiger partial charge >= 0.3 is 5.97 Å². The van der Waals surface area contributed by atoms with Crippen LogP contribution in [0.3, 0.4) is 0 Å². The van der Waals surface area contributed by atoms with Crippen LogP contribution in [0.2, 0.25) is 0 Å². The molecule has 2 fully saturated rings. The van der Waals surface area contributed by atoms with Gasteiger partial charge in [0.15, 0.2) is 0 Å². The van der Waals surface area contributed by atoms with Crippen LogP contribution in [0.25, 0.3) is 0 Å². The maximum absolute atomic E-state index is 15.5. The average molecular weight is 2700 g/mol. The number of aromatic hydroxyl groups is 1. The topological polar surface area (TPSA) is 665 Å². The summed E-state index contributed by atoms with van der Waals surface area (Å²) < 4.78 is 0. The molecule has 3 aromatic carbocycles. The number of amides is 19. The Morgan fingerprint density at radius 2 is 0.980 bits per heavy atom. The van der Waals surface area contributed by atoms with Gasteiger partial charge in [-0.05, 0) is 84.7 Å². The summed E-state index contributed by atoms with van der Waals surface area (Å²) >= 11 is 0. The van der Waals surface area contributed by atoms with E-state index in [1.807, 2.05) is 58.9 Å². The maximum Gasteiger partial charge on any atom is 0.305 e. The van der Waals surface area contributed by atoms with E-state index in [1.54, 1.807) is 54.0 Å². The number of aromatic amines is 2. The fourth-order valence-electron chi connectivity index (χ4n) is 15.1. The number of carboxylic acids is 1. The standard InChI is InChI=1S/C71H99N19O17S2.C26H40N6O5.4Gd/c1-8-41(4)42(5)80-63(99)53(28-47-31-72-38-78-47)84-69(105)56-36-108-109-37-57(71(107)90-22-12-15-58(90)70(106)86-52(27-46-16-18-49(93)19-17-46)66(102)85-55(30-62(97)98)68(104)82-50(25-40(2)3)64(100)87-56)88-67(103)54(29-48-32-73-39-79-48)83-65(101)51(26-45-13-10-9-11-14-45)81-60(95)34-76-59(94)33-77-61(96)35-89(23-20-74-43(6)91)24-21-75-44(7)92;1-18(2)13-24(31-21(5)35)26(37)30-16-23-8-6-7-22(14-23)15-29-25(36)17-32(11-9-27-19(3)33)12-10-28-20(4)34;;;;/h9-11,13-14,16-19,31-32,38-42,50-58,93H,6-8,12,15,20-30,33-37H2,1-5H3,(H,72,78)(H,73,79)(H,74,91)(H,75,92)(H,76,94)(H,77,96)(H,80,99)(H,81,95)(H,82,104)(H,83,101)(H,84,105)(H,85,102)(H,86,106)(H,87,100)(H,88,103)(H,97,98);6-8,14,18,24H,3-4,9-13,15-17H2,1-2,5H3,(H,27,33)(H,28,34)(H,29,36)(H,30,37)(H,31,35);;;;/q2*-2;;;;/t41?,42-,50+,51+,52+,53+,54+,55+,56+,57+,58?;24-;;;;/m10..../s1. The summed E-state index contributed by atoms with van der Waals surface area (Å²) in [6.07, 6.45) is 5.08. The molecule has 19 amide bonds. The Kier molecular flexibility index (Phi) is 67.3. The van der Waals surface area contributed by atoms with E-state index in [2.05, 4.69) is 143 Å². The van der Waals surface area contributed by atoms with Gasteiger partial charge in [-0.2, -0.15) is 0 Å².